The van der Waals surface area contributed by atoms with E-state index in [1.807, 2.05) is 24.0 Å². The Balaban J connectivity index is 1.65. The van der Waals surface area contributed by atoms with E-state index in [1.165, 1.54) is 0 Å². The van der Waals surface area contributed by atoms with Crippen LogP contribution < -0.4 is 0 Å². The molecule has 0 unspecified atom stereocenters. The molecule has 1 amide bonds. The molecule has 1 aromatic heterocycles. The topological polar surface area (TPSA) is 45.7 Å². The Morgan fingerprint density at radius 1 is 1.48 bits per heavy atom. The van der Waals surface area contributed by atoms with Crippen LogP contribution in [0.1, 0.15) is 11.3 Å². The number of carbonyl (C=O) groups is 1. The lowest BCUT2D eigenvalue weighted by molar-refractivity contribution is -0.125. The molecule has 3 rings (SSSR count). The second kappa shape index (κ2) is 5.95. The molecular formula is C16H21N3O2. The van der Waals surface area contributed by atoms with Crippen molar-refractivity contribution in [3.8, 4) is 0 Å². The molecule has 2 atom stereocenters. The first-order chi connectivity index (χ1) is 10.1. The van der Waals surface area contributed by atoms with Gasteiger partial charge in [0.25, 0.3) is 0 Å². The van der Waals surface area contributed by atoms with Crippen molar-refractivity contribution in [2.24, 2.45) is 0 Å². The second-order valence-corrected chi connectivity index (χ2v) is 5.74. The van der Waals surface area contributed by atoms with Gasteiger partial charge in [-0.1, -0.05) is 6.07 Å². The van der Waals surface area contributed by atoms with Gasteiger partial charge < -0.3 is 9.64 Å². The number of hydrogen-bond donors (Lipinski definition) is 0. The highest BCUT2D eigenvalue weighted by Crippen LogP contribution is 2.22. The lowest BCUT2D eigenvalue weighted by atomic mass is 10.1. The molecule has 2 aliphatic rings. The summed E-state index contributed by atoms with van der Waals surface area (Å²) in [6.07, 6.45) is 5.30. The van der Waals surface area contributed by atoms with Crippen LogP contribution in [0.4, 0.5) is 0 Å². The number of likely N-dealkylation sites (tertiary alicyclic amines) is 1. The molecule has 0 spiro atoms. The molecule has 2 aliphatic heterocycles. The first-order valence-corrected chi connectivity index (χ1v) is 7.35. The van der Waals surface area contributed by atoms with E-state index < -0.39 is 0 Å². The molecule has 2 fully saturated rings. The van der Waals surface area contributed by atoms with Crippen LogP contribution in [-0.4, -0.2) is 66.1 Å². The third-order valence-electron chi connectivity index (χ3n) is 4.32. The molecule has 5 nitrogen and oxygen atoms in total. The van der Waals surface area contributed by atoms with Crippen molar-refractivity contribution in [3.05, 3.63) is 35.7 Å². The SMILES string of the molecule is Cc1cccnc1/C=C/C(=O)N1C[C@H]2OCCN(C)[C@H]2C1. The highest BCUT2D eigenvalue weighted by atomic mass is 16.5. The molecule has 1 aromatic rings. The average molecular weight is 287 g/mol. The van der Waals surface area contributed by atoms with E-state index in [1.54, 1.807) is 18.3 Å². The first kappa shape index (κ1) is 14.2. The molecule has 5 heteroatoms. The van der Waals surface area contributed by atoms with Crippen LogP contribution >= 0.6 is 0 Å². The Kier molecular flexibility index (Phi) is 4.03. The van der Waals surface area contributed by atoms with E-state index in [-0.39, 0.29) is 12.0 Å². The summed E-state index contributed by atoms with van der Waals surface area (Å²) in [5, 5.41) is 0. The van der Waals surface area contributed by atoms with Gasteiger partial charge in [-0.05, 0) is 31.7 Å². The summed E-state index contributed by atoms with van der Waals surface area (Å²) in [7, 11) is 2.10. The molecule has 0 aliphatic carbocycles. The van der Waals surface area contributed by atoms with E-state index in [4.69, 9.17) is 4.74 Å². The van der Waals surface area contributed by atoms with E-state index in [0.717, 1.165) is 31.0 Å². The fraction of sp³-hybridized carbons (Fsp3) is 0.500. The molecule has 112 valence electrons. The predicted molar refractivity (Wildman–Crippen MR) is 80.7 cm³/mol. The highest BCUT2D eigenvalue weighted by molar-refractivity contribution is 5.92. The van der Waals surface area contributed by atoms with Crippen molar-refractivity contribution >= 4 is 12.0 Å². The maximum absolute atomic E-state index is 12.3. The summed E-state index contributed by atoms with van der Waals surface area (Å²) in [4.78, 5) is 20.7. The van der Waals surface area contributed by atoms with Gasteiger partial charge >= 0.3 is 0 Å². The maximum Gasteiger partial charge on any atom is 0.246 e. The van der Waals surface area contributed by atoms with E-state index >= 15 is 0 Å². The van der Waals surface area contributed by atoms with Gasteiger partial charge in [-0.15, -0.1) is 0 Å². The van der Waals surface area contributed by atoms with Gasteiger partial charge in [-0.25, -0.2) is 0 Å². The molecule has 0 aromatic carbocycles. The number of aryl methyl sites for hydroxylation is 1. The molecular weight excluding hydrogens is 266 g/mol. The molecule has 0 saturated carbocycles. The van der Waals surface area contributed by atoms with Crippen molar-refractivity contribution in [1.29, 1.82) is 0 Å². The minimum absolute atomic E-state index is 0.0338. The number of ether oxygens (including phenoxy) is 1. The summed E-state index contributed by atoms with van der Waals surface area (Å²) in [5.41, 5.74) is 1.91. The number of nitrogens with zero attached hydrogens (tertiary/aromatic N) is 3. The van der Waals surface area contributed by atoms with Crippen LogP contribution in [0.2, 0.25) is 0 Å². The van der Waals surface area contributed by atoms with Gasteiger partial charge in [-0.3, -0.25) is 14.7 Å². The van der Waals surface area contributed by atoms with Crippen LogP contribution in [0.5, 0.6) is 0 Å². The fourth-order valence-corrected chi connectivity index (χ4v) is 2.97. The number of rotatable bonds is 2. The Morgan fingerprint density at radius 3 is 3.10 bits per heavy atom. The summed E-state index contributed by atoms with van der Waals surface area (Å²) in [6.45, 7) is 5.10. The number of carbonyl (C=O) groups excluding carboxylic acids is 1. The smallest absolute Gasteiger partial charge is 0.246 e. The zero-order valence-corrected chi connectivity index (χ0v) is 12.5. The fourth-order valence-electron chi connectivity index (χ4n) is 2.97. The molecule has 21 heavy (non-hydrogen) atoms. The normalized spacial score (nSPS) is 26.3. The Hall–Kier alpha value is -1.72. The largest absolute Gasteiger partial charge is 0.373 e. The summed E-state index contributed by atoms with van der Waals surface area (Å²) >= 11 is 0. The van der Waals surface area contributed by atoms with E-state index in [0.29, 0.717) is 12.6 Å². The second-order valence-electron chi connectivity index (χ2n) is 5.74. The Labute approximate surface area is 125 Å². The average Bonchev–Trinajstić information content (AvgIpc) is 2.92. The van der Waals surface area contributed by atoms with Crippen LogP contribution in [0.15, 0.2) is 24.4 Å². The van der Waals surface area contributed by atoms with Crippen LogP contribution in [0.3, 0.4) is 0 Å². The lowest BCUT2D eigenvalue weighted by Gasteiger charge is -2.33. The third kappa shape index (κ3) is 2.99. The number of morpholine rings is 1. The number of likely N-dealkylation sites (N-methyl/N-ethyl adjacent to an activating group) is 1. The third-order valence-corrected chi connectivity index (χ3v) is 4.32. The standard InChI is InChI=1S/C16H21N3O2/c1-12-4-3-7-17-13(12)5-6-16(20)19-10-14-15(11-19)21-9-8-18(14)2/h3-7,14-15H,8-11H2,1-2H3/b6-5+/t14-,15+/m0/s1. The summed E-state index contributed by atoms with van der Waals surface area (Å²) in [5.74, 6) is 0.0338. The van der Waals surface area contributed by atoms with Gasteiger partial charge in [0.15, 0.2) is 0 Å². The van der Waals surface area contributed by atoms with Crippen molar-refractivity contribution in [1.82, 2.24) is 14.8 Å². The van der Waals surface area contributed by atoms with Gasteiger partial charge in [-0.2, -0.15) is 0 Å². The quantitative estimate of drug-likeness (QED) is 0.760. The molecule has 0 N–H and O–H groups in total. The molecule has 0 radical (unpaired) electrons. The van der Waals surface area contributed by atoms with Gasteiger partial charge in [0, 0.05) is 31.9 Å². The van der Waals surface area contributed by atoms with Gasteiger partial charge in [0.1, 0.15) is 0 Å². The zero-order chi connectivity index (χ0) is 14.8. The molecule has 0 bridgehead atoms. The minimum Gasteiger partial charge on any atom is -0.373 e. The monoisotopic (exact) mass is 287 g/mol. The molecule has 2 saturated heterocycles. The van der Waals surface area contributed by atoms with Crippen molar-refractivity contribution < 1.29 is 9.53 Å². The van der Waals surface area contributed by atoms with Crippen molar-refractivity contribution in [2.75, 3.05) is 33.3 Å². The van der Waals surface area contributed by atoms with Gasteiger partial charge in [0.2, 0.25) is 5.91 Å². The number of hydrogen-bond acceptors (Lipinski definition) is 4. The Morgan fingerprint density at radius 2 is 2.33 bits per heavy atom. The van der Waals surface area contributed by atoms with E-state index in [9.17, 15) is 4.79 Å². The Bertz CT molecular complexity index is 558. The lowest BCUT2D eigenvalue weighted by Crippen LogP contribution is -2.48. The number of aromatic nitrogens is 1. The van der Waals surface area contributed by atoms with Crippen LogP contribution in [-0.2, 0) is 9.53 Å². The number of pyridine rings is 1. The maximum atomic E-state index is 12.3. The van der Waals surface area contributed by atoms with Crippen LogP contribution in [0.25, 0.3) is 6.08 Å². The number of fused-ring (bicyclic) bond motifs is 1. The summed E-state index contributed by atoms with van der Waals surface area (Å²) < 4.78 is 5.76. The minimum atomic E-state index is 0.0338. The summed E-state index contributed by atoms with van der Waals surface area (Å²) in [6, 6.07) is 4.21. The molecule has 3 heterocycles. The van der Waals surface area contributed by atoms with E-state index in [2.05, 4.69) is 16.9 Å². The predicted octanol–water partition coefficient (Wildman–Crippen LogP) is 0.945. The highest BCUT2D eigenvalue weighted by Gasteiger charge is 2.39. The zero-order valence-electron chi connectivity index (χ0n) is 12.5. The van der Waals surface area contributed by atoms with Gasteiger partial charge in [0.05, 0.1) is 24.4 Å². The van der Waals surface area contributed by atoms with Crippen molar-refractivity contribution in [3.63, 3.8) is 0 Å². The van der Waals surface area contributed by atoms with Crippen molar-refractivity contribution in [2.45, 2.75) is 19.1 Å². The number of amides is 1. The van der Waals surface area contributed by atoms with Crippen LogP contribution in [0, 0.1) is 6.92 Å². The first-order valence-electron chi connectivity index (χ1n) is 7.35.